The number of carbonyl (C=O) groups excluding carboxylic acids is 1. The number of rotatable bonds is 7. The first kappa shape index (κ1) is 15.4. The van der Waals surface area contributed by atoms with Crippen LogP contribution in [0.5, 0.6) is 0 Å². The molecule has 0 aliphatic heterocycles. The van der Waals surface area contributed by atoms with Gasteiger partial charge in [-0.2, -0.15) is 0 Å². The van der Waals surface area contributed by atoms with E-state index in [0.29, 0.717) is 13.0 Å². The van der Waals surface area contributed by atoms with Gasteiger partial charge in [-0.05, 0) is 56.5 Å². The van der Waals surface area contributed by atoms with E-state index in [1.54, 1.807) is 0 Å². The minimum atomic E-state index is 0.0784. The maximum Gasteiger partial charge on any atom is 0.224 e. The van der Waals surface area contributed by atoms with E-state index in [9.17, 15) is 4.79 Å². The molecule has 3 N–H and O–H groups in total. The molecule has 1 aromatic carbocycles. The fourth-order valence-corrected chi connectivity index (χ4v) is 3.72. The minimum absolute atomic E-state index is 0.0784. The van der Waals surface area contributed by atoms with Gasteiger partial charge in [-0.3, -0.25) is 4.79 Å². The van der Waals surface area contributed by atoms with Crippen molar-refractivity contribution in [3.05, 3.63) is 24.3 Å². The quantitative estimate of drug-likeness (QED) is 0.752. The van der Waals surface area contributed by atoms with Crippen molar-refractivity contribution in [2.24, 2.45) is 5.73 Å². The Balaban J connectivity index is 1.77. The van der Waals surface area contributed by atoms with Crippen molar-refractivity contribution in [2.75, 3.05) is 11.9 Å². The predicted molar refractivity (Wildman–Crippen MR) is 86.1 cm³/mol. The lowest BCUT2D eigenvalue weighted by molar-refractivity contribution is -0.116. The molecule has 1 saturated carbocycles. The first-order valence-electron chi connectivity index (χ1n) is 7.54. The van der Waals surface area contributed by atoms with Gasteiger partial charge in [0.05, 0.1) is 0 Å². The molecule has 1 amide bonds. The highest BCUT2D eigenvalue weighted by Crippen LogP contribution is 2.34. The van der Waals surface area contributed by atoms with Crippen LogP contribution in [0.25, 0.3) is 0 Å². The van der Waals surface area contributed by atoms with Gasteiger partial charge in [-0.25, -0.2) is 0 Å². The number of anilines is 1. The number of amides is 1. The van der Waals surface area contributed by atoms with E-state index >= 15 is 0 Å². The number of unbranched alkanes of at least 4 members (excludes halogenated alkanes) is 1. The van der Waals surface area contributed by atoms with E-state index in [1.165, 1.54) is 30.6 Å². The molecule has 1 aliphatic rings. The van der Waals surface area contributed by atoms with E-state index in [1.807, 2.05) is 23.9 Å². The summed E-state index contributed by atoms with van der Waals surface area (Å²) in [5.41, 5.74) is 6.30. The second kappa shape index (κ2) is 8.32. The zero-order valence-electron chi connectivity index (χ0n) is 11.9. The Bertz CT molecular complexity index is 413. The zero-order valence-corrected chi connectivity index (χ0v) is 12.8. The summed E-state index contributed by atoms with van der Waals surface area (Å²) in [6.45, 7) is 0.653. The Morgan fingerprint density at radius 1 is 1.20 bits per heavy atom. The van der Waals surface area contributed by atoms with Crippen LogP contribution in [0, 0.1) is 0 Å². The number of thioether (sulfide) groups is 1. The first-order chi connectivity index (χ1) is 9.78. The predicted octanol–water partition coefficient (Wildman–Crippen LogP) is 3.79. The second-order valence-electron chi connectivity index (χ2n) is 5.34. The van der Waals surface area contributed by atoms with Crippen molar-refractivity contribution in [1.29, 1.82) is 0 Å². The normalized spacial score (nSPS) is 15.4. The smallest absolute Gasteiger partial charge is 0.224 e. The summed E-state index contributed by atoms with van der Waals surface area (Å²) in [7, 11) is 0. The molecule has 110 valence electrons. The van der Waals surface area contributed by atoms with Crippen molar-refractivity contribution >= 4 is 23.4 Å². The number of nitrogens with two attached hydrogens (primary N) is 1. The molecule has 20 heavy (non-hydrogen) atoms. The molecule has 1 fully saturated rings. The third-order valence-corrected chi connectivity index (χ3v) is 4.95. The monoisotopic (exact) mass is 292 g/mol. The van der Waals surface area contributed by atoms with Crippen molar-refractivity contribution in [3.63, 3.8) is 0 Å². The SMILES string of the molecule is NCCCCC(=O)Nc1ccc(SC2CCCC2)cc1. The Morgan fingerprint density at radius 2 is 1.90 bits per heavy atom. The Kier molecular flexibility index (Phi) is 6.40. The molecular formula is C16H24N2OS. The lowest BCUT2D eigenvalue weighted by Gasteiger charge is -2.10. The maximum absolute atomic E-state index is 11.7. The van der Waals surface area contributed by atoms with E-state index in [2.05, 4.69) is 17.4 Å². The van der Waals surface area contributed by atoms with Crippen LogP contribution in [-0.4, -0.2) is 17.7 Å². The molecule has 0 aromatic heterocycles. The molecule has 1 aliphatic carbocycles. The average Bonchev–Trinajstić information content (AvgIpc) is 2.94. The van der Waals surface area contributed by atoms with E-state index in [0.717, 1.165) is 23.8 Å². The van der Waals surface area contributed by atoms with Crippen molar-refractivity contribution in [3.8, 4) is 0 Å². The molecule has 0 spiro atoms. The zero-order chi connectivity index (χ0) is 14.2. The van der Waals surface area contributed by atoms with Crippen molar-refractivity contribution in [2.45, 2.75) is 55.1 Å². The Labute approximate surface area is 125 Å². The Hall–Kier alpha value is -1.00. The van der Waals surface area contributed by atoms with Gasteiger partial charge in [-0.15, -0.1) is 11.8 Å². The first-order valence-corrected chi connectivity index (χ1v) is 8.42. The number of hydrogen-bond acceptors (Lipinski definition) is 3. The molecule has 3 nitrogen and oxygen atoms in total. The molecule has 0 unspecified atom stereocenters. The van der Waals surface area contributed by atoms with Gasteiger partial charge < -0.3 is 11.1 Å². The number of benzene rings is 1. The van der Waals surface area contributed by atoms with Crippen LogP contribution in [-0.2, 0) is 4.79 Å². The second-order valence-corrected chi connectivity index (χ2v) is 6.72. The molecule has 2 rings (SSSR count). The van der Waals surface area contributed by atoms with Gasteiger partial charge in [-0.1, -0.05) is 12.8 Å². The van der Waals surface area contributed by atoms with Crippen molar-refractivity contribution in [1.82, 2.24) is 0 Å². The molecule has 0 radical (unpaired) electrons. The summed E-state index contributed by atoms with van der Waals surface area (Å²) in [4.78, 5) is 13.0. The van der Waals surface area contributed by atoms with Crippen LogP contribution in [0.1, 0.15) is 44.9 Å². The van der Waals surface area contributed by atoms with E-state index < -0.39 is 0 Å². The molecule has 1 aromatic rings. The standard InChI is InChI=1S/C16H24N2OS/c17-12-4-3-7-16(19)18-13-8-10-15(11-9-13)20-14-5-1-2-6-14/h8-11,14H,1-7,12,17H2,(H,18,19). The maximum atomic E-state index is 11.7. The van der Waals surface area contributed by atoms with Gasteiger partial charge in [0.15, 0.2) is 0 Å². The fourth-order valence-electron chi connectivity index (χ4n) is 2.47. The minimum Gasteiger partial charge on any atom is -0.330 e. The highest BCUT2D eigenvalue weighted by Gasteiger charge is 2.15. The lowest BCUT2D eigenvalue weighted by atomic mass is 10.2. The fraction of sp³-hybridized carbons (Fsp3) is 0.562. The van der Waals surface area contributed by atoms with Gasteiger partial charge in [0.2, 0.25) is 5.91 Å². The van der Waals surface area contributed by atoms with Gasteiger partial charge >= 0.3 is 0 Å². The molecule has 0 bridgehead atoms. The summed E-state index contributed by atoms with van der Waals surface area (Å²) >= 11 is 1.97. The third-order valence-electron chi connectivity index (χ3n) is 3.60. The largest absolute Gasteiger partial charge is 0.330 e. The summed E-state index contributed by atoms with van der Waals surface area (Å²) in [5.74, 6) is 0.0784. The number of nitrogens with one attached hydrogen (secondary N) is 1. The molecule has 0 atom stereocenters. The van der Waals surface area contributed by atoms with Crippen LogP contribution in [0.15, 0.2) is 29.2 Å². The molecular weight excluding hydrogens is 268 g/mol. The van der Waals surface area contributed by atoms with E-state index in [4.69, 9.17) is 5.73 Å². The van der Waals surface area contributed by atoms with Crippen LogP contribution in [0.2, 0.25) is 0 Å². The van der Waals surface area contributed by atoms with E-state index in [-0.39, 0.29) is 5.91 Å². The van der Waals surface area contributed by atoms with Crippen LogP contribution in [0.3, 0.4) is 0 Å². The molecule has 0 heterocycles. The van der Waals surface area contributed by atoms with Crippen LogP contribution < -0.4 is 11.1 Å². The average molecular weight is 292 g/mol. The summed E-state index contributed by atoms with van der Waals surface area (Å²) < 4.78 is 0. The molecule has 4 heteroatoms. The van der Waals surface area contributed by atoms with Crippen LogP contribution >= 0.6 is 11.8 Å². The number of carbonyl (C=O) groups is 1. The van der Waals surface area contributed by atoms with Gasteiger partial charge in [0, 0.05) is 22.3 Å². The topological polar surface area (TPSA) is 55.1 Å². The summed E-state index contributed by atoms with van der Waals surface area (Å²) in [5, 5.41) is 3.72. The van der Waals surface area contributed by atoms with Gasteiger partial charge in [0.1, 0.15) is 0 Å². The summed E-state index contributed by atoms with van der Waals surface area (Å²) in [6, 6.07) is 8.22. The summed E-state index contributed by atoms with van der Waals surface area (Å²) in [6.07, 6.45) is 7.73. The number of hydrogen-bond donors (Lipinski definition) is 2. The van der Waals surface area contributed by atoms with Crippen LogP contribution in [0.4, 0.5) is 5.69 Å². The van der Waals surface area contributed by atoms with Gasteiger partial charge in [0.25, 0.3) is 0 Å². The Morgan fingerprint density at radius 3 is 2.55 bits per heavy atom. The van der Waals surface area contributed by atoms with Crippen molar-refractivity contribution < 1.29 is 4.79 Å². The molecule has 0 saturated heterocycles. The highest BCUT2D eigenvalue weighted by atomic mass is 32.2. The lowest BCUT2D eigenvalue weighted by Crippen LogP contribution is -2.11. The highest BCUT2D eigenvalue weighted by molar-refractivity contribution is 8.00. The third kappa shape index (κ3) is 5.17.